The van der Waals surface area contributed by atoms with Gasteiger partial charge in [-0.25, -0.2) is 4.39 Å². The number of benzene rings is 2. The van der Waals surface area contributed by atoms with E-state index >= 15 is 0 Å². The van der Waals surface area contributed by atoms with Gasteiger partial charge < -0.3 is 10.1 Å². The van der Waals surface area contributed by atoms with E-state index in [0.717, 1.165) is 24.1 Å². The molecule has 2 aromatic carbocycles. The van der Waals surface area contributed by atoms with E-state index in [4.69, 9.17) is 4.74 Å². The van der Waals surface area contributed by atoms with Crippen LogP contribution in [0.15, 0.2) is 42.5 Å². The van der Waals surface area contributed by atoms with E-state index in [-0.39, 0.29) is 28.9 Å². The molecule has 1 N–H and O–H groups in total. The number of amides is 1. The second kappa shape index (κ2) is 8.73. The van der Waals surface area contributed by atoms with Crippen LogP contribution in [-0.2, 0) is 0 Å². The van der Waals surface area contributed by atoms with Crippen LogP contribution in [0.5, 0.6) is 11.6 Å². The van der Waals surface area contributed by atoms with E-state index in [9.17, 15) is 19.3 Å². The molecule has 0 atom stereocenters. The van der Waals surface area contributed by atoms with Crippen molar-refractivity contribution in [1.82, 2.24) is 15.1 Å². The number of hydrogen-bond donors (Lipinski definition) is 1. The minimum absolute atomic E-state index is 0.147. The van der Waals surface area contributed by atoms with Crippen LogP contribution in [0.4, 0.5) is 10.1 Å². The first-order valence-electron chi connectivity index (χ1n) is 9.38. The Morgan fingerprint density at radius 3 is 2.53 bits per heavy atom. The van der Waals surface area contributed by atoms with Gasteiger partial charge in [-0.2, -0.15) is 9.78 Å². The lowest BCUT2D eigenvalue weighted by Crippen LogP contribution is -2.25. The van der Waals surface area contributed by atoms with Gasteiger partial charge in [0.1, 0.15) is 0 Å². The fourth-order valence-corrected chi connectivity index (χ4v) is 2.79. The Morgan fingerprint density at radius 1 is 1.23 bits per heavy atom. The summed E-state index contributed by atoms with van der Waals surface area (Å²) in [7, 11) is 0. The molecule has 0 spiro atoms. The van der Waals surface area contributed by atoms with Crippen molar-refractivity contribution in [2.45, 2.75) is 27.2 Å². The number of halogens is 1. The maximum Gasteiger partial charge on any atom is 0.272 e. The summed E-state index contributed by atoms with van der Waals surface area (Å²) in [5.41, 5.74) is 1.84. The first-order valence-corrected chi connectivity index (χ1v) is 9.38. The minimum atomic E-state index is -0.891. The van der Waals surface area contributed by atoms with Gasteiger partial charge in [0, 0.05) is 18.2 Å². The molecule has 0 radical (unpaired) electrons. The summed E-state index contributed by atoms with van der Waals surface area (Å²) >= 11 is 0. The second-order valence-corrected chi connectivity index (χ2v) is 6.76. The highest BCUT2D eigenvalue weighted by molar-refractivity contribution is 5.94. The number of aryl methyl sites for hydroxylation is 1. The standard InChI is InChI=1S/C21H21FN4O4/c1-4-11-23-20(27)19-14(3)21(25(24-19)15-7-5-13(2)6-8-15)30-18-10-9-16(26(28)29)12-17(18)22/h5-10,12H,4,11H2,1-3H3,(H,23,27). The Kier molecular flexibility index (Phi) is 6.10. The monoisotopic (exact) mass is 412 g/mol. The molecule has 3 rings (SSSR count). The van der Waals surface area contributed by atoms with Crippen LogP contribution in [0, 0.1) is 29.8 Å². The molecule has 0 saturated carbocycles. The average Bonchev–Trinajstić information content (AvgIpc) is 3.04. The van der Waals surface area contributed by atoms with E-state index in [2.05, 4.69) is 10.4 Å². The topological polar surface area (TPSA) is 99.3 Å². The van der Waals surface area contributed by atoms with Crippen LogP contribution < -0.4 is 10.1 Å². The van der Waals surface area contributed by atoms with Gasteiger partial charge in [0.25, 0.3) is 11.6 Å². The molecule has 3 aromatic rings. The van der Waals surface area contributed by atoms with Crippen molar-refractivity contribution in [3.63, 3.8) is 0 Å². The normalized spacial score (nSPS) is 10.7. The van der Waals surface area contributed by atoms with Crippen LogP contribution in [0.2, 0.25) is 0 Å². The van der Waals surface area contributed by atoms with Gasteiger partial charge >= 0.3 is 0 Å². The van der Waals surface area contributed by atoms with Gasteiger partial charge in [-0.3, -0.25) is 14.9 Å². The molecule has 0 fully saturated rings. The molecular formula is C21H21FN4O4. The molecule has 0 aliphatic rings. The fourth-order valence-electron chi connectivity index (χ4n) is 2.79. The largest absolute Gasteiger partial charge is 0.436 e. The molecule has 0 saturated heterocycles. The van der Waals surface area contributed by atoms with Gasteiger partial charge in [0.2, 0.25) is 5.88 Å². The number of carbonyl (C=O) groups is 1. The highest BCUT2D eigenvalue weighted by atomic mass is 19.1. The molecule has 0 aliphatic carbocycles. The molecule has 8 nitrogen and oxygen atoms in total. The predicted molar refractivity (Wildman–Crippen MR) is 109 cm³/mol. The maximum absolute atomic E-state index is 14.4. The van der Waals surface area contributed by atoms with E-state index in [0.29, 0.717) is 17.8 Å². The van der Waals surface area contributed by atoms with Gasteiger partial charge in [-0.05, 0) is 38.5 Å². The first kappa shape index (κ1) is 21.0. The highest BCUT2D eigenvalue weighted by Crippen LogP contribution is 2.33. The van der Waals surface area contributed by atoms with Gasteiger partial charge in [0.15, 0.2) is 17.3 Å². The predicted octanol–water partition coefficient (Wildman–Crippen LogP) is 4.47. The maximum atomic E-state index is 14.4. The lowest BCUT2D eigenvalue weighted by atomic mass is 10.2. The van der Waals surface area contributed by atoms with Crippen molar-refractivity contribution in [2.75, 3.05) is 6.54 Å². The van der Waals surface area contributed by atoms with Crippen LogP contribution in [0.25, 0.3) is 5.69 Å². The Bertz CT molecular complexity index is 1090. The molecule has 1 aromatic heterocycles. The number of nitrogens with zero attached hydrogens (tertiary/aromatic N) is 3. The molecule has 1 heterocycles. The highest BCUT2D eigenvalue weighted by Gasteiger charge is 2.24. The lowest BCUT2D eigenvalue weighted by Gasteiger charge is -2.11. The third kappa shape index (κ3) is 4.29. The number of nitrogens with one attached hydrogen (secondary N) is 1. The van der Waals surface area contributed by atoms with Crippen molar-refractivity contribution in [1.29, 1.82) is 0 Å². The zero-order valence-corrected chi connectivity index (χ0v) is 16.8. The van der Waals surface area contributed by atoms with Crippen LogP contribution in [0.3, 0.4) is 0 Å². The van der Waals surface area contributed by atoms with Crippen molar-refractivity contribution >= 4 is 11.6 Å². The minimum Gasteiger partial charge on any atom is -0.436 e. The molecule has 1 amide bonds. The molecule has 0 bridgehead atoms. The van der Waals surface area contributed by atoms with E-state index in [1.807, 2.05) is 26.0 Å². The summed E-state index contributed by atoms with van der Waals surface area (Å²) in [4.78, 5) is 22.7. The van der Waals surface area contributed by atoms with E-state index < -0.39 is 10.7 Å². The number of rotatable bonds is 7. The van der Waals surface area contributed by atoms with Crippen molar-refractivity contribution in [3.8, 4) is 17.3 Å². The molecule has 0 aliphatic heterocycles. The second-order valence-electron chi connectivity index (χ2n) is 6.76. The van der Waals surface area contributed by atoms with Gasteiger partial charge in [-0.15, -0.1) is 0 Å². The Morgan fingerprint density at radius 2 is 1.93 bits per heavy atom. The number of nitro groups is 1. The summed E-state index contributed by atoms with van der Waals surface area (Å²) in [5.74, 6) is -1.32. The summed E-state index contributed by atoms with van der Waals surface area (Å²) in [6.45, 7) is 6.01. The van der Waals surface area contributed by atoms with Gasteiger partial charge in [0.05, 0.1) is 16.7 Å². The average molecular weight is 412 g/mol. The van der Waals surface area contributed by atoms with Crippen LogP contribution in [-0.4, -0.2) is 27.2 Å². The van der Waals surface area contributed by atoms with Crippen molar-refractivity contribution in [3.05, 3.63) is 75.2 Å². The summed E-state index contributed by atoms with van der Waals surface area (Å²) in [5, 5.41) is 18.0. The third-order valence-electron chi connectivity index (χ3n) is 4.43. The molecule has 9 heteroatoms. The van der Waals surface area contributed by atoms with Crippen LogP contribution >= 0.6 is 0 Å². The Hall–Kier alpha value is -3.75. The SMILES string of the molecule is CCCNC(=O)c1nn(-c2ccc(C)cc2)c(Oc2ccc([N+](=O)[O-])cc2F)c1C. The number of nitro benzene ring substituents is 1. The summed E-state index contributed by atoms with van der Waals surface area (Å²) in [6, 6.07) is 10.5. The van der Waals surface area contributed by atoms with Crippen molar-refractivity contribution < 1.29 is 18.8 Å². The molecule has 30 heavy (non-hydrogen) atoms. The number of aromatic nitrogens is 2. The fraction of sp³-hybridized carbons (Fsp3) is 0.238. The molecular weight excluding hydrogens is 391 g/mol. The van der Waals surface area contributed by atoms with E-state index in [1.165, 1.54) is 10.7 Å². The molecule has 0 unspecified atom stereocenters. The first-order chi connectivity index (χ1) is 14.3. The summed E-state index contributed by atoms with van der Waals surface area (Å²) < 4.78 is 21.6. The number of hydrogen-bond acceptors (Lipinski definition) is 5. The smallest absolute Gasteiger partial charge is 0.272 e. The van der Waals surface area contributed by atoms with E-state index in [1.54, 1.807) is 19.1 Å². The summed E-state index contributed by atoms with van der Waals surface area (Å²) in [6.07, 6.45) is 0.765. The van der Waals surface area contributed by atoms with Gasteiger partial charge in [-0.1, -0.05) is 24.6 Å². The quantitative estimate of drug-likeness (QED) is 0.456. The lowest BCUT2D eigenvalue weighted by molar-refractivity contribution is -0.385. The Labute approximate surface area is 172 Å². The molecule has 156 valence electrons. The number of ether oxygens (including phenoxy) is 1. The Balaban J connectivity index is 2.07. The number of non-ortho nitro benzene ring substituents is 1. The zero-order chi connectivity index (χ0) is 21.8. The number of carbonyl (C=O) groups excluding carboxylic acids is 1. The third-order valence-corrected chi connectivity index (χ3v) is 4.43. The van der Waals surface area contributed by atoms with Crippen LogP contribution in [0.1, 0.15) is 35.0 Å². The zero-order valence-electron chi connectivity index (χ0n) is 16.8. The van der Waals surface area contributed by atoms with Crippen molar-refractivity contribution in [2.24, 2.45) is 0 Å².